The Labute approximate surface area is 114 Å². The highest BCUT2D eigenvalue weighted by molar-refractivity contribution is 7.99. The molecule has 1 aromatic heterocycles. The fourth-order valence-corrected chi connectivity index (χ4v) is 2.85. The molecule has 1 heterocycles. The predicted octanol–water partition coefficient (Wildman–Crippen LogP) is 2.68. The van der Waals surface area contributed by atoms with E-state index in [1.165, 1.54) is 18.0 Å². The number of halogens is 1. The van der Waals surface area contributed by atoms with Gasteiger partial charge in [0, 0.05) is 17.3 Å². The summed E-state index contributed by atoms with van der Waals surface area (Å²) in [6.07, 6.45) is 2.75. The molecule has 4 nitrogen and oxygen atoms in total. The van der Waals surface area contributed by atoms with Crippen molar-refractivity contribution in [2.75, 3.05) is 6.26 Å². The van der Waals surface area contributed by atoms with Crippen LogP contribution in [0.3, 0.4) is 0 Å². The van der Waals surface area contributed by atoms with Gasteiger partial charge in [-0.1, -0.05) is 11.8 Å². The molecule has 0 spiro atoms. The van der Waals surface area contributed by atoms with Crippen LogP contribution < -0.4 is 0 Å². The normalized spacial score (nSPS) is 11.4. The Kier molecular flexibility index (Phi) is 3.89. The van der Waals surface area contributed by atoms with Gasteiger partial charge in [-0.05, 0) is 41.9 Å². The minimum atomic E-state index is -3.16. The molecule has 94 valence electrons. The highest BCUT2D eigenvalue weighted by atomic mass is 35.5. The van der Waals surface area contributed by atoms with E-state index in [0.717, 1.165) is 4.90 Å². The van der Waals surface area contributed by atoms with Gasteiger partial charge >= 0.3 is 0 Å². The molecule has 0 N–H and O–H groups in total. The van der Waals surface area contributed by atoms with Crippen molar-refractivity contribution >= 4 is 33.2 Å². The summed E-state index contributed by atoms with van der Waals surface area (Å²) in [5.74, 6) is 0. The lowest BCUT2D eigenvalue weighted by atomic mass is 10.4. The number of hydrogen-bond donors (Lipinski definition) is 0. The Balaban J connectivity index is 2.21. The summed E-state index contributed by atoms with van der Waals surface area (Å²) in [5, 5.41) is 0.898. The third-order valence-corrected chi connectivity index (χ3v) is 4.33. The molecule has 0 aliphatic carbocycles. The van der Waals surface area contributed by atoms with Gasteiger partial charge in [-0.2, -0.15) is 0 Å². The number of sulfone groups is 1. The van der Waals surface area contributed by atoms with Gasteiger partial charge < -0.3 is 0 Å². The molecule has 0 fully saturated rings. The van der Waals surface area contributed by atoms with Gasteiger partial charge in [0.2, 0.25) is 5.28 Å². The lowest BCUT2D eigenvalue weighted by Gasteiger charge is -2.02. The maximum Gasteiger partial charge on any atom is 0.223 e. The fraction of sp³-hybridized carbons (Fsp3) is 0.0909. The molecule has 0 atom stereocenters. The van der Waals surface area contributed by atoms with Gasteiger partial charge in [-0.25, -0.2) is 18.4 Å². The number of benzene rings is 1. The molecule has 18 heavy (non-hydrogen) atoms. The Morgan fingerprint density at radius 2 is 1.83 bits per heavy atom. The molecule has 0 aliphatic rings. The molecule has 0 amide bonds. The van der Waals surface area contributed by atoms with E-state index in [1.807, 2.05) is 0 Å². The van der Waals surface area contributed by atoms with E-state index in [2.05, 4.69) is 9.97 Å². The van der Waals surface area contributed by atoms with Crippen molar-refractivity contribution in [3.8, 4) is 0 Å². The highest BCUT2D eigenvalue weighted by Crippen LogP contribution is 2.27. The van der Waals surface area contributed by atoms with Gasteiger partial charge in [0.05, 0.1) is 4.90 Å². The quantitative estimate of drug-likeness (QED) is 0.644. The molecular formula is C11H9ClN2O2S2. The molecule has 0 saturated carbocycles. The molecule has 0 aliphatic heterocycles. The second kappa shape index (κ2) is 5.26. The lowest BCUT2D eigenvalue weighted by molar-refractivity contribution is 0.602. The smallest absolute Gasteiger partial charge is 0.223 e. The Morgan fingerprint density at radius 3 is 2.39 bits per heavy atom. The van der Waals surface area contributed by atoms with Crippen LogP contribution in [-0.4, -0.2) is 24.6 Å². The van der Waals surface area contributed by atoms with Crippen molar-refractivity contribution < 1.29 is 8.42 Å². The predicted molar refractivity (Wildman–Crippen MR) is 70.7 cm³/mol. The van der Waals surface area contributed by atoms with Gasteiger partial charge in [0.25, 0.3) is 0 Å². The van der Waals surface area contributed by atoms with Crippen LogP contribution in [0.15, 0.2) is 51.3 Å². The summed E-state index contributed by atoms with van der Waals surface area (Å²) in [5.41, 5.74) is 0. The molecule has 1 aromatic carbocycles. The zero-order valence-electron chi connectivity index (χ0n) is 9.37. The summed E-state index contributed by atoms with van der Waals surface area (Å²) < 4.78 is 22.6. The summed E-state index contributed by atoms with van der Waals surface area (Å²) in [7, 11) is -3.16. The van der Waals surface area contributed by atoms with Crippen molar-refractivity contribution in [1.29, 1.82) is 0 Å². The van der Waals surface area contributed by atoms with Gasteiger partial charge in [0.1, 0.15) is 5.03 Å². The van der Waals surface area contributed by atoms with Crippen LogP contribution >= 0.6 is 23.4 Å². The molecule has 0 saturated heterocycles. The van der Waals surface area contributed by atoms with E-state index in [9.17, 15) is 8.42 Å². The van der Waals surface area contributed by atoms with Crippen molar-refractivity contribution in [3.05, 3.63) is 41.8 Å². The number of nitrogens with zero attached hydrogens (tertiary/aromatic N) is 2. The van der Waals surface area contributed by atoms with Crippen molar-refractivity contribution in [3.63, 3.8) is 0 Å². The minimum Gasteiger partial charge on any atom is -0.226 e. The van der Waals surface area contributed by atoms with E-state index in [0.29, 0.717) is 9.92 Å². The summed E-state index contributed by atoms with van der Waals surface area (Å²) in [6.45, 7) is 0. The molecule has 0 unspecified atom stereocenters. The van der Waals surface area contributed by atoms with Crippen LogP contribution in [0.5, 0.6) is 0 Å². The van der Waals surface area contributed by atoms with E-state index in [1.54, 1.807) is 36.5 Å². The molecular weight excluding hydrogens is 292 g/mol. The maximum atomic E-state index is 11.3. The first-order valence-corrected chi connectivity index (χ1v) is 8.00. The first-order chi connectivity index (χ1) is 8.45. The van der Waals surface area contributed by atoms with Crippen LogP contribution in [0.2, 0.25) is 5.28 Å². The molecule has 2 rings (SSSR count). The van der Waals surface area contributed by atoms with Crippen LogP contribution in [-0.2, 0) is 9.84 Å². The van der Waals surface area contributed by atoms with Crippen LogP contribution in [0.25, 0.3) is 0 Å². The fourth-order valence-electron chi connectivity index (χ4n) is 1.25. The minimum absolute atomic E-state index is 0.188. The highest BCUT2D eigenvalue weighted by Gasteiger charge is 2.07. The number of hydrogen-bond acceptors (Lipinski definition) is 5. The van der Waals surface area contributed by atoms with Crippen molar-refractivity contribution in [2.24, 2.45) is 0 Å². The van der Waals surface area contributed by atoms with E-state index >= 15 is 0 Å². The molecule has 0 radical (unpaired) electrons. The third kappa shape index (κ3) is 3.44. The van der Waals surface area contributed by atoms with E-state index in [-0.39, 0.29) is 5.28 Å². The van der Waals surface area contributed by atoms with Gasteiger partial charge in [-0.3, -0.25) is 0 Å². The molecule has 0 bridgehead atoms. The van der Waals surface area contributed by atoms with Crippen molar-refractivity contribution in [2.45, 2.75) is 14.8 Å². The van der Waals surface area contributed by atoms with Crippen LogP contribution in [0.1, 0.15) is 0 Å². The monoisotopic (exact) mass is 300 g/mol. The summed E-state index contributed by atoms with van der Waals surface area (Å²) in [6, 6.07) is 8.34. The SMILES string of the molecule is CS(=O)(=O)c1ccc(Sc2ccnc(Cl)n2)cc1. The van der Waals surface area contributed by atoms with E-state index in [4.69, 9.17) is 11.6 Å². The number of aromatic nitrogens is 2. The molecule has 2 aromatic rings. The number of rotatable bonds is 3. The lowest BCUT2D eigenvalue weighted by Crippen LogP contribution is -1.96. The van der Waals surface area contributed by atoms with Gasteiger partial charge in [-0.15, -0.1) is 0 Å². The summed E-state index contributed by atoms with van der Waals surface area (Å²) >= 11 is 7.07. The molecule has 7 heteroatoms. The average molecular weight is 301 g/mol. The second-order valence-corrected chi connectivity index (χ2v) is 6.96. The Morgan fingerprint density at radius 1 is 1.17 bits per heavy atom. The summed E-state index contributed by atoms with van der Waals surface area (Å²) in [4.78, 5) is 9.01. The van der Waals surface area contributed by atoms with Crippen molar-refractivity contribution in [1.82, 2.24) is 9.97 Å². The average Bonchev–Trinajstić information content (AvgIpc) is 2.28. The van der Waals surface area contributed by atoms with Crippen LogP contribution in [0.4, 0.5) is 0 Å². The topological polar surface area (TPSA) is 59.9 Å². The zero-order valence-corrected chi connectivity index (χ0v) is 11.8. The van der Waals surface area contributed by atoms with E-state index < -0.39 is 9.84 Å². The Bertz CT molecular complexity index is 657. The Hall–Kier alpha value is -1.11. The zero-order chi connectivity index (χ0) is 13.2. The third-order valence-electron chi connectivity index (χ3n) is 2.07. The standard InChI is InChI=1S/C11H9ClN2O2S2/c1-18(15,16)9-4-2-8(3-5-9)17-10-6-7-13-11(12)14-10/h2-7H,1H3. The largest absolute Gasteiger partial charge is 0.226 e. The first-order valence-electron chi connectivity index (χ1n) is 4.92. The second-order valence-electron chi connectivity index (χ2n) is 3.51. The van der Waals surface area contributed by atoms with Gasteiger partial charge in [0.15, 0.2) is 9.84 Å². The maximum absolute atomic E-state index is 11.3. The first kappa shape index (κ1) is 13.3. The van der Waals surface area contributed by atoms with Crippen LogP contribution in [0, 0.1) is 0 Å².